The molecule has 0 aromatic heterocycles. The van der Waals surface area contributed by atoms with Gasteiger partial charge in [-0.1, -0.05) is 12.1 Å². The molecule has 27 heavy (non-hydrogen) atoms. The number of para-hydroxylation sites is 1. The minimum Gasteiger partial charge on any atom is -0.465 e. The summed E-state index contributed by atoms with van der Waals surface area (Å²) in [4.78, 5) is 61.2. The van der Waals surface area contributed by atoms with E-state index in [0.29, 0.717) is 5.69 Å². The molecule has 0 spiro atoms. The zero-order valence-electron chi connectivity index (χ0n) is 14.7. The number of carbonyl (C=O) groups is 5. The van der Waals surface area contributed by atoms with E-state index in [1.165, 1.54) is 12.0 Å². The Morgan fingerprint density at radius 2 is 1.96 bits per heavy atom. The van der Waals surface area contributed by atoms with Crippen molar-refractivity contribution < 1.29 is 28.7 Å². The lowest BCUT2D eigenvalue weighted by Gasteiger charge is -2.23. The van der Waals surface area contributed by atoms with Crippen molar-refractivity contribution >= 4 is 35.3 Å². The largest absolute Gasteiger partial charge is 0.465 e. The van der Waals surface area contributed by atoms with Crippen molar-refractivity contribution in [2.75, 3.05) is 18.6 Å². The number of esters is 1. The molecule has 0 bridgehead atoms. The third-order valence-electron chi connectivity index (χ3n) is 4.65. The van der Waals surface area contributed by atoms with Crippen LogP contribution in [-0.2, 0) is 23.9 Å². The summed E-state index contributed by atoms with van der Waals surface area (Å²) >= 11 is 0. The van der Waals surface area contributed by atoms with Crippen LogP contribution in [0.1, 0.15) is 29.6 Å². The van der Waals surface area contributed by atoms with Gasteiger partial charge >= 0.3 is 5.97 Å². The van der Waals surface area contributed by atoms with E-state index in [9.17, 15) is 24.0 Å². The highest BCUT2D eigenvalue weighted by Crippen LogP contribution is 2.29. The third-order valence-corrected chi connectivity index (χ3v) is 4.65. The molecule has 2 unspecified atom stereocenters. The molecule has 2 aliphatic rings. The molecule has 0 radical (unpaired) electrons. The van der Waals surface area contributed by atoms with Gasteiger partial charge in [-0.15, -0.1) is 0 Å². The molecule has 1 aromatic carbocycles. The van der Waals surface area contributed by atoms with Crippen LogP contribution < -0.4 is 15.5 Å². The standard InChI is InChI=1S/C18H19N3O6/c1-27-18(26)11-4-2-3-5-13(11)21-9-10(8-15(21)23)16(24)19-12-6-7-14(22)20-17(12)25/h2-5,10,12H,6-9H2,1H3,(H,19,24)(H,20,22,25). The summed E-state index contributed by atoms with van der Waals surface area (Å²) in [5, 5.41) is 4.77. The second kappa shape index (κ2) is 7.56. The smallest absolute Gasteiger partial charge is 0.339 e. The van der Waals surface area contributed by atoms with Gasteiger partial charge in [0.05, 0.1) is 24.3 Å². The molecule has 2 fully saturated rings. The Bertz CT molecular complexity index is 821. The van der Waals surface area contributed by atoms with Crippen molar-refractivity contribution in [2.45, 2.75) is 25.3 Å². The molecule has 9 heteroatoms. The van der Waals surface area contributed by atoms with Gasteiger partial charge in [-0.25, -0.2) is 4.79 Å². The molecule has 3 rings (SSSR count). The van der Waals surface area contributed by atoms with E-state index in [4.69, 9.17) is 4.74 Å². The van der Waals surface area contributed by atoms with Crippen LogP contribution in [0.3, 0.4) is 0 Å². The number of rotatable bonds is 4. The topological polar surface area (TPSA) is 122 Å². The fourth-order valence-corrected chi connectivity index (χ4v) is 3.23. The average Bonchev–Trinajstić information content (AvgIpc) is 3.05. The van der Waals surface area contributed by atoms with Crippen molar-refractivity contribution in [1.82, 2.24) is 10.6 Å². The van der Waals surface area contributed by atoms with Gasteiger partial charge in [0.2, 0.25) is 23.6 Å². The summed E-state index contributed by atoms with van der Waals surface area (Å²) in [5.74, 6) is -2.88. The maximum Gasteiger partial charge on any atom is 0.339 e. The molecule has 2 heterocycles. The monoisotopic (exact) mass is 373 g/mol. The molecular weight excluding hydrogens is 354 g/mol. The predicted molar refractivity (Wildman–Crippen MR) is 92.6 cm³/mol. The number of amides is 4. The molecule has 0 aliphatic carbocycles. The van der Waals surface area contributed by atoms with Crippen LogP contribution in [0.4, 0.5) is 5.69 Å². The number of benzene rings is 1. The second-order valence-corrected chi connectivity index (χ2v) is 6.43. The van der Waals surface area contributed by atoms with E-state index < -0.39 is 29.7 Å². The molecule has 142 valence electrons. The summed E-state index contributed by atoms with van der Waals surface area (Å²) < 4.78 is 4.74. The average molecular weight is 373 g/mol. The first kappa shape index (κ1) is 18.6. The van der Waals surface area contributed by atoms with Gasteiger partial charge in [-0.2, -0.15) is 0 Å². The molecule has 2 atom stereocenters. The van der Waals surface area contributed by atoms with Gasteiger partial charge in [0.15, 0.2) is 0 Å². The van der Waals surface area contributed by atoms with E-state index in [0.717, 1.165) is 0 Å². The number of anilines is 1. The SMILES string of the molecule is COC(=O)c1ccccc1N1CC(C(=O)NC2CCC(=O)NC2=O)CC1=O. The van der Waals surface area contributed by atoms with Crippen LogP contribution in [-0.4, -0.2) is 49.3 Å². The first-order valence-corrected chi connectivity index (χ1v) is 8.52. The number of hydrogen-bond acceptors (Lipinski definition) is 6. The quantitative estimate of drug-likeness (QED) is 0.554. The Hall–Kier alpha value is -3.23. The number of piperidine rings is 1. The zero-order chi connectivity index (χ0) is 19.6. The highest BCUT2D eigenvalue weighted by Gasteiger charge is 2.38. The van der Waals surface area contributed by atoms with Crippen LogP contribution in [0.2, 0.25) is 0 Å². The first-order valence-electron chi connectivity index (χ1n) is 8.52. The van der Waals surface area contributed by atoms with Crippen molar-refractivity contribution in [1.29, 1.82) is 0 Å². The minimum absolute atomic E-state index is 0.0331. The Labute approximate surface area is 155 Å². The number of methoxy groups -OCH3 is 1. The third kappa shape index (κ3) is 3.81. The molecule has 2 aliphatic heterocycles. The van der Waals surface area contributed by atoms with E-state index in [1.54, 1.807) is 24.3 Å². The first-order chi connectivity index (χ1) is 12.9. The molecule has 9 nitrogen and oxygen atoms in total. The molecule has 1 aromatic rings. The summed E-state index contributed by atoms with van der Waals surface area (Å²) in [6.45, 7) is 0.0892. The lowest BCUT2D eigenvalue weighted by Crippen LogP contribution is -2.53. The van der Waals surface area contributed by atoms with Crippen molar-refractivity contribution in [3.05, 3.63) is 29.8 Å². The number of hydrogen-bond donors (Lipinski definition) is 2. The zero-order valence-corrected chi connectivity index (χ0v) is 14.7. The normalized spacial score (nSPS) is 22.4. The highest BCUT2D eigenvalue weighted by molar-refractivity contribution is 6.06. The lowest BCUT2D eigenvalue weighted by molar-refractivity contribution is -0.138. The van der Waals surface area contributed by atoms with E-state index in [-0.39, 0.29) is 43.2 Å². The minimum atomic E-state index is -0.790. The maximum atomic E-state index is 12.5. The van der Waals surface area contributed by atoms with Crippen molar-refractivity contribution in [3.63, 3.8) is 0 Å². The number of nitrogens with one attached hydrogen (secondary N) is 2. The van der Waals surface area contributed by atoms with Crippen LogP contribution in [0.25, 0.3) is 0 Å². The van der Waals surface area contributed by atoms with Gasteiger partial charge in [-0.3, -0.25) is 24.5 Å². The number of nitrogens with zero attached hydrogens (tertiary/aromatic N) is 1. The second-order valence-electron chi connectivity index (χ2n) is 6.43. The lowest BCUT2D eigenvalue weighted by atomic mass is 10.0. The molecular formula is C18H19N3O6. The van der Waals surface area contributed by atoms with Gasteiger partial charge in [0.1, 0.15) is 6.04 Å². The summed E-state index contributed by atoms with van der Waals surface area (Å²) in [7, 11) is 1.25. The molecule has 4 amide bonds. The Balaban J connectivity index is 1.71. The van der Waals surface area contributed by atoms with E-state index in [1.807, 2.05) is 0 Å². The number of ether oxygens (including phenoxy) is 1. The fraction of sp³-hybridized carbons (Fsp3) is 0.389. The fourth-order valence-electron chi connectivity index (χ4n) is 3.23. The Kier molecular flexibility index (Phi) is 5.20. The van der Waals surface area contributed by atoms with Gasteiger partial charge < -0.3 is 15.0 Å². The van der Waals surface area contributed by atoms with Crippen LogP contribution in [0.15, 0.2) is 24.3 Å². The summed E-state index contributed by atoms with van der Waals surface area (Å²) in [6, 6.07) is 5.72. The Morgan fingerprint density at radius 1 is 1.22 bits per heavy atom. The Morgan fingerprint density at radius 3 is 2.67 bits per heavy atom. The van der Waals surface area contributed by atoms with Crippen LogP contribution in [0, 0.1) is 5.92 Å². The van der Waals surface area contributed by atoms with Crippen LogP contribution >= 0.6 is 0 Å². The van der Waals surface area contributed by atoms with Crippen molar-refractivity contribution in [2.24, 2.45) is 5.92 Å². The van der Waals surface area contributed by atoms with E-state index >= 15 is 0 Å². The number of carbonyl (C=O) groups excluding carboxylic acids is 5. The van der Waals surface area contributed by atoms with Gasteiger partial charge in [0.25, 0.3) is 0 Å². The predicted octanol–water partition coefficient (Wildman–Crippen LogP) is -0.252. The van der Waals surface area contributed by atoms with Crippen LogP contribution in [0.5, 0.6) is 0 Å². The van der Waals surface area contributed by atoms with Gasteiger partial charge in [0, 0.05) is 19.4 Å². The van der Waals surface area contributed by atoms with Gasteiger partial charge in [-0.05, 0) is 18.6 Å². The summed E-state index contributed by atoms with van der Waals surface area (Å²) in [6.07, 6.45) is 0.347. The highest BCUT2D eigenvalue weighted by atomic mass is 16.5. The maximum absolute atomic E-state index is 12.5. The summed E-state index contributed by atoms with van der Waals surface area (Å²) in [5.41, 5.74) is 0.616. The van der Waals surface area contributed by atoms with E-state index in [2.05, 4.69) is 10.6 Å². The van der Waals surface area contributed by atoms with Crippen molar-refractivity contribution in [3.8, 4) is 0 Å². The number of imide groups is 1. The molecule has 2 saturated heterocycles. The molecule has 2 N–H and O–H groups in total. The molecule has 0 saturated carbocycles.